The molecule has 0 aliphatic heterocycles. The van der Waals surface area contributed by atoms with E-state index < -0.39 is 0 Å². The fourth-order valence-electron chi connectivity index (χ4n) is 3.71. The van der Waals surface area contributed by atoms with Gasteiger partial charge in [0.1, 0.15) is 12.4 Å². The summed E-state index contributed by atoms with van der Waals surface area (Å²) >= 11 is 3.40. The van der Waals surface area contributed by atoms with Crippen molar-refractivity contribution < 1.29 is 9.59 Å². The third-order valence-electron chi connectivity index (χ3n) is 5.31. The van der Waals surface area contributed by atoms with E-state index in [1.807, 2.05) is 84.3 Å². The highest BCUT2D eigenvalue weighted by Crippen LogP contribution is 2.18. The number of rotatable bonds is 8. The molecule has 0 unspecified atom stereocenters. The number of aryl methyl sites for hydroxylation is 2. The fraction of sp³-hybridized carbons (Fsp3) is 0.192. The maximum absolute atomic E-state index is 12.7. The van der Waals surface area contributed by atoms with E-state index in [2.05, 4.69) is 26.6 Å². The molecule has 0 spiro atoms. The Morgan fingerprint density at radius 3 is 2.58 bits per heavy atom. The molecule has 3 aromatic carbocycles. The lowest BCUT2D eigenvalue weighted by Gasteiger charge is -2.11. The van der Waals surface area contributed by atoms with Gasteiger partial charge in [-0.05, 0) is 61.9 Å². The van der Waals surface area contributed by atoms with Gasteiger partial charge in [-0.3, -0.25) is 9.59 Å². The minimum absolute atomic E-state index is 0.0823. The molecule has 7 heteroatoms. The second kappa shape index (κ2) is 10.4. The predicted molar refractivity (Wildman–Crippen MR) is 134 cm³/mol. The van der Waals surface area contributed by atoms with Crippen molar-refractivity contribution in [1.29, 1.82) is 0 Å². The number of halogens is 1. The quantitative estimate of drug-likeness (QED) is 0.327. The number of hydrogen-bond acceptors (Lipinski definition) is 3. The number of fused-ring (bicyclic) bond motifs is 1. The summed E-state index contributed by atoms with van der Waals surface area (Å²) in [4.78, 5) is 29.8. The molecule has 0 saturated heterocycles. The molecule has 0 bridgehead atoms. The van der Waals surface area contributed by atoms with Crippen LogP contribution in [-0.4, -0.2) is 27.9 Å². The summed E-state index contributed by atoms with van der Waals surface area (Å²) in [7, 11) is 0. The zero-order chi connectivity index (χ0) is 23.2. The highest BCUT2D eigenvalue weighted by atomic mass is 79.9. The second-order valence-corrected chi connectivity index (χ2v) is 8.80. The van der Waals surface area contributed by atoms with E-state index in [0.717, 1.165) is 39.0 Å². The SMILES string of the molecule is Cc1cccc(C(=O)NCCCc2nc3ccccc3n2CC(=O)Nc2ccc(Br)cc2)c1. The molecule has 0 aliphatic carbocycles. The summed E-state index contributed by atoms with van der Waals surface area (Å²) in [6.07, 6.45) is 1.36. The average molecular weight is 505 g/mol. The molecule has 2 amide bonds. The minimum Gasteiger partial charge on any atom is -0.352 e. The standard InChI is InChI=1S/C26H25BrN4O2/c1-18-6-4-7-19(16-18)26(33)28-15-5-10-24-30-22-8-2-3-9-23(22)31(24)17-25(32)29-21-13-11-20(27)12-14-21/h2-4,6-9,11-14,16H,5,10,15,17H2,1H3,(H,28,33)(H,29,32). The Morgan fingerprint density at radius 1 is 1.00 bits per heavy atom. The zero-order valence-corrected chi connectivity index (χ0v) is 19.9. The Balaban J connectivity index is 1.41. The summed E-state index contributed by atoms with van der Waals surface area (Å²) in [5.74, 6) is 0.627. The highest BCUT2D eigenvalue weighted by Gasteiger charge is 2.14. The lowest BCUT2D eigenvalue weighted by molar-refractivity contribution is -0.116. The van der Waals surface area contributed by atoms with Crippen LogP contribution >= 0.6 is 15.9 Å². The third kappa shape index (κ3) is 5.87. The molecule has 1 aromatic heterocycles. The minimum atomic E-state index is -0.116. The summed E-state index contributed by atoms with van der Waals surface area (Å²) < 4.78 is 2.91. The van der Waals surface area contributed by atoms with Crippen LogP contribution in [0, 0.1) is 6.92 Å². The largest absolute Gasteiger partial charge is 0.352 e. The Kier molecular flexibility index (Phi) is 7.19. The summed E-state index contributed by atoms with van der Waals surface area (Å²) in [6, 6.07) is 22.8. The number of imidazole rings is 1. The first-order chi connectivity index (χ1) is 16.0. The maximum Gasteiger partial charge on any atom is 0.251 e. The van der Waals surface area contributed by atoms with Gasteiger partial charge in [0, 0.05) is 28.7 Å². The number of carbonyl (C=O) groups is 2. The molecule has 4 aromatic rings. The van der Waals surface area contributed by atoms with Gasteiger partial charge in [0.05, 0.1) is 11.0 Å². The van der Waals surface area contributed by atoms with Crippen molar-refractivity contribution in [2.24, 2.45) is 0 Å². The first kappa shape index (κ1) is 22.7. The molecular formula is C26H25BrN4O2. The van der Waals surface area contributed by atoms with Gasteiger partial charge in [-0.1, -0.05) is 45.8 Å². The Morgan fingerprint density at radius 2 is 1.79 bits per heavy atom. The van der Waals surface area contributed by atoms with Crippen molar-refractivity contribution in [3.8, 4) is 0 Å². The number of aromatic nitrogens is 2. The van der Waals surface area contributed by atoms with Gasteiger partial charge >= 0.3 is 0 Å². The van der Waals surface area contributed by atoms with Crippen molar-refractivity contribution in [2.75, 3.05) is 11.9 Å². The lowest BCUT2D eigenvalue weighted by Crippen LogP contribution is -2.25. The fourth-order valence-corrected chi connectivity index (χ4v) is 3.97. The van der Waals surface area contributed by atoms with Gasteiger partial charge in [0.2, 0.25) is 5.91 Å². The third-order valence-corrected chi connectivity index (χ3v) is 5.83. The van der Waals surface area contributed by atoms with Gasteiger partial charge in [-0.2, -0.15) is 0 Å². The lowest BCUT2D eigenvalue weighted by atomic mass is 10.1. The molecule has 2 N–H and O–H groups in total. The average Bonchev–Trinajstić information content (AvgIpc) is 3.15. The van der Waals surface area contributed by atoms with Gasteiger partial charge in [-0.15, -0.1) is 0 Å². The smallest absolute Gasteiger partial charge is 0.251 e. The Labute approximate surface area is 201 Å². The van der Waals surface area contributed by atoms with Crippen LogP contribution in [0.25, 0.3) is 11.0 Å². The van der Waals surface area contributed by atoms with E-state index >= 15 is 0 Å². The first-order valence-corrected chi connectivity index (χ1v) is 11.6. The van der Waals surface area contributed by atoms with Crippen LogP contribution in [0.3, 0.4) is 0 Å². The Hall–Kier alpha value is -3.45. The molecule has 0 saturated carbocycles. The van der Waals surface area contributed by atoms with Gasteiger partial charge in [-0.25, -0.2) is 4.98 Å². The normalized spacial score (nSPS) is 10.8. The van der Waals surface area contributed by atoms with Crippen molar-refractivity contribution in [2.45, 2.75) is 26.3 Å². The van der Waals surface area contributed by atoms with Crippen LogP contribution in [0.4, 0.5) is 5.69 Å². The molecular weight excluding hydrogens is 480 g/mol. The number of anilines is 1. The molecule has 6 nitrogen and oxygen atoms in total. The van der Waals surface area contributed by atoms with Gasteiger partial charge in [0.15, 0.2) is 0 Å². The topological polar surface area (TPSA) is 76.0 Å². The number of para-hydroxylation sites is 2. The number of carbonyl (C=O) groups excluding carboxylic acids is 2. The van der Waals surface area contributed by atoms with E-state index in [4.69, 9.17) is 4.98 Å². The predicted octanol–water partition coefficient (Wildman–Crippen LogP) is 5.11. The maximum atomic E-state index is 12.7. The Bertz CT molecular complexity index is 1280. The number of benzene rings is 3. The molecule has 0 radical (unpaired) electrons. The van der Waals surface area contributed by atoms with E-state index in [9.17, 15) is 9.59 Å². The number of nitrogens with zero attached hydrogens (tertiary/aromatic N) is 2. The summed E-state index contributed by atoms with van der Waals surface area (Å²) in [5, 5.41) is 5.91. The molecule has 168 valence electrons. The molecule has 0 atom stereocenters. The van der Waals surface area contributed by atoms with Gasteiger partial charge < -0.3 is 15.2 Å². The van der Waals surface area contributed by atoms with Crippen LogP contribution in [-0.2, 0) is 17.8 Å². The van der Waals surface area contributed by atoms with E-state index in [0.29, 0.717) is 18.5 Å². The van der Waals surface area contributed by atoms with Crippen LogP contribution in [0.2, 0.25) is 0 Å². The van der Waals surface area contributed by atoms with E-state index in [1.165, 1.54) is 0 Å². The van der Waals surface area contributed by atoms with Crippen molar-refractivity contribution in [3.05, 3.63) is 94.2 Å². The van der Waals surface area contributed by atoms with Crippen molar-refractivity contribution in [3.63, 3.8) is 0 Å². The molecule has 0 fully saturated rings. The monoisotopic (exact) mass is 504 g/mol. The zero-order valence-electron chi connectivity index (χ0n) is 18.3. The number of hydrogen-bond donors (Lipinski definition) is 2. The number of nitrogens with one attached hydrogen (secondary N) is 2. The van der Waals surface area contributed by atoms with Crippen LogP contribution < -0.4 is 10.6 Å². The van der Waals surface area contributed by atoms with E-state index in [-0.39, 0.29) is 18.4 Å². The first-order valence-electron chi connectivity index (χ1n) is 10.8. The highest BCUT2D eigenvalue weighted by molar-refractivity contribution is 9.10. The van der Waals surface area contributed by atoms with Crippen molar-refractivity contribution >= 4 is 44.5 Å². The van der Waals surface area contributed by atoms with E-state index in [1.54, 1.807) is 0 Å². The summed E-state index contributed by atoms with van der Waals surface area (Å²) in [5.41, 5.74) is 4.23. The second-order valence-electron chi connectivity index (χ2n) is 7.89. The van der Waals surface area contributed by atoms with Gasteiger partial charge in [0.25, 0.3) is 5.91 Å². The van der Waals surface area contributed by atoms with Crippen LogP contribution in [0.1, 0.15) is 28.2 Å². The van der Waals surface area contributed by atoms with Crippen LogP contribution in [0.15, 0.2) is 77.3 Å². The molecule has 0 aliphatic rings. The molecule has 4 rings (SSSR count). The molecule has 1 heterocycles. The number of amides is 2. The van der Waals surface area contributed by atoms with Crippen LogP contribution in [0.5, 0.6) is 0 Å². The van der Waals surface area contributed by atoms with Crippen molar-refractivity contribution in [1.82, 2.24) is 14.9 Å². The summed E-state index contributed by atoms with van der Waals surface area (Å²) in [6.45, 7) is 2.66. The molecule has 33 heavy (non-hydrogen) atoms.